The van der Waals surface area contributed by atoms with Gasteiger partial charge in [0, 0.05) is 24.7 Å². The maximum Gasteiger partial charge on any atom is 0.416 e. The van der Waals surface area contributed by atoms with Gasteiger partial charge in [-0.1, -0.05) is 26.2 Å². The number of nitrogens with zero attached hydrogens (tertiary/aromatic N) is 1. The molecule has 1 aliphatic heterocycles. The first kappa shape index (κ1) is 23.4. The van der Waals surface area contributed by atoms with E-state index >= 15 is 0 Å². The van der Waals surface area contributed by atoms with Gasteiger partial charge in [-0.3, -0.25) is 4.90 Å². The molecule has 1 aromatic rings. The molecule has 2 aliphatic rings. The second-order valence-electron chi connectivity index (χ2n) is 8.62. The van der Waals surface area contributed by atoms with Crippen LogP contribution in [0.4, 0.5) is 26.3 Å². The highest BCUT2D eigenvalue weighted by atomic mass is 19.4. The van der Waals surface area contributed by atoms with Gasteiger partial charge in [-0.25, -0.2) is 0 Å². The van der Waals surface area contributed by atoms with Crippen molar-refractivity contribution >= 4 is 0 Å². The van der Waals surface area contributed by atoms with E-state index < -0.39 is 23.5 Å². The molecule has 1 aliphatic carbocycles. The largest absolute Gasteiger partial charge is 0.416 e. The molecule has 1 saturated heterocycles. The summed E-state index contributed by atoms with van der Waals surface area (Å²) in [6, 6.07) is 2.72. The van der Waals surface area contributed by atoms with Crippen LogP contribution in [-0.4, -0.2) is 29.6 Å². The Morgan fingerprint density at radius 2 is 1.47 bits per heavy atom. The van der Waals surface area contributed by atoms with Crippen molar-refractivity contribution in [2.45, 2.75) is 95.3 Å². The molecule has 1 N–H and O–H groups in total. The van der Waals surface area contributed by atoms with Gasteiger partial charge in [0.2, 0.25) is 0 Å². The zero-order valence-corrected chi connectivity index (χ0v) is 17.3. The summed E-state index contributed by atoms with van der Waals surface area (Å²) in [6.45, 7) is 3.04. The summed E-state index contributed by atoms with van der Waals surface area (Å²) >= 11 is 0. The predicted octanol–water partition coefficient (Wildman–Crippen LogP) is 6.39. The smallest absolute Gasteiger partial charge is 0.314 e. The highest BCUT2D eigenvalue weighted by Crippen LogP contribution is 2.37. The van der Waals surface area contributed by atoms with Gasteiger partial charge in [0.1, 0.15) is 0 Å². The minimum absolute atomic E-state index is 0.0919. The highest BCUT2D eigenvalue weighted by Gasteiger charge is 2.38. The molecule has 0 amide bonds. The van der Waals surface area contributed by atoms with E-state index in [0.29, 0.717) is 6.04 Å². The molecule has 1 saturated carbocycles. The van der Waals surface area contributed by atoms with Crippen molar-refractivity contribution in [1.29, 1.82) is 0 Å². The Labute approximate surface area is 174 Å². The lowest BCUT2D eigenvalue weighted by molar-refractivity contribution is -0.143. The molecule has 0 aromatic heterocycles. The van der Waals surface area contributed by atoms with Crippen molar-refractivity contribution in [3.05, 3.63) is 34.9 Å². The number of alkyl halides is 6. The van der Waals surface area contributed by atoms with Crippen molar-refractivity contribution < 1.29 is 26.3 Å². The number of benzene rings is 1. The second kappa shape index (κ2) is 9.47. The fourth-order valence-corrected chi connectivity index (χ4v) is 4.89. The van der Waals surface area contributed by atoms with Gasteiger partial charge in [-0.05, 0) is 62.4 Å². The fourth-order valence-electron chi connectivity index (χ4n) is 4.89. The van der Waals surface area contributed by atoms with Gasteiger partial charge >= 0.3 is 12.4 Å². The van der Waals surface area contributed by atoms with Crippen LogP contribution >= 0.6 is 0 Å². The fraction of sp³-hybridized carbons (Fsp3) is 0.727. The number of hydrogen-bond acceptors (Lipinski definition) is 2. The number of rotatable bonds is 5. The van der Waals surface area contributed by atoms with E-state index in [9.17, 15) is 26.3 Å². The minimum Gasteiger partial charge on any atom is -0.314 e. The molecular formula is C22H30F6N2. The Hall–Kier alpha value is -1.28. The first-order valence-corrected chi connectivity index (χ1v) is 10.9. The van der Waals surface area contributed by atoms with Crippen molar-refractivity contribution in [3.8, 4) is 0 Å². The number of nitrogens with one attached hydrogen (secondary N) is 1. The summed E-state index contributed by atoms with van der Waals surface area (Å²) in [6.07, 6.45) is -1.79. The van der Waals surface area contributed by atoms with E-state index in [1.54, 1.807) is 0 Å². The Morgan fingerprint density at radius 3 is 2.00 bits per heavy atom. The van der Waals surface area contributed by atoms with Crippen LogP contribution in [0.5, 0.6) is 0 Å². The topological polar surface area (TPSA) is 15.3 Å². The SMILES string of the molecule is CCC1CC(N(Cc2cc(C(F)(F)F)cc(C(F)(F)F)c2)C2CCCCC2)CCN1. The van der Waals surface area contributed by atoms with Gasteiger partial charge in [0.05, 0.1) is 11.1 Å². The van der Waals surface area contributed by atoms with Crippen LogP contribution in [-0.2, 0) is 18.9 Å². The first-order chi connectivity index (χ1) is 14.1. The summed E-state index contributed by atoms with van der Waals surface area (Å²) < 4.78 is 79.7. The average molecular weight is 436 g/mol. The van der Waals surface area contributed by atoms with E-state index in [0.717, 1.165) is 70.0 Å². The second-order valence-corrected chi connectivity index (χ2v) is 8.62. The Morgan fingerprint density at radius 1 is 0.867 bits per heavy atom. The molecule has 0 radical (unpaired) electrons. The molecule has 0 bridgehead atoms. The first-order valence-electron chi connectivity index (χ1n) is 10.9. The van der Waals surface area contributed by atoms with Crippen LogP contribution < -0.4 is 5.32 Å². The normalized spacial score (nSPS) is 24.4. The number of halogens is 6. The molecule has 170 valence electrons. The summed E-state index contributed by atoms with van der Waals surface area (Å²) in [5.74, 6) is 0. The van der Waals surface area contributed by atoms with Crippen LogP contribution in [0.25, 0.3) is 0 Å². The van der Waals surface area contributed by atoms with E-state index in [1.807, 2.05) is 0 Å². The standard InChI is InChI=1S/C22H30F6N2/c1-2-18-13-20(8-9-29-18)30(19-6-4-3-5-7-19)14-15-10-16(21(23,24)25)12-17(11-15)22(26,27)28/h10-12,18-20,29H,2-9,13-14H2,1H3. The van der Waals surface area contributed by atoms with Crippen molar-refractivity contribution in [3.63, 3.8) is 0 Å². The monoisotopic (exact) mass is 436 g/mol. The van der Waals surface area contributed by atoms with Crippen molar-refractivity contribution in [2.24, 2.45) is 0 Å². The highest BCUT2D eigenvalue weighted by molar-refractivity contribution is 5.33. The van der Waals surface area contributed by atoms with E-state index in [2.05, 4.69) is 17.1 Å². The third kappa shape index (κ3) is 5.90. The molecule has 8 heteroatoms. The zero-order chi connectivity index (χ0) is 21.9. The molecule has 3 rings (SSSR count). The third-order valence-corrected chi connectivity index (χ3v) is 6.49. The molecule has 1 aromatic carbocycles. The van der Waals surface area contributed by atoms with Crippen LogP contribution in [0.1, 0.15) is 75.0 Å². The molecule has 2 unspecified atom stereocenters. The molecule has 2 fully saturated rings. The van der Waals surface area contributed by atoms with Crippen LogP contribution in [0.3, 0.4) is 0 Å². The lowest BCUT2D eigenvalue weighted by atomic mass is 9.89. The number of hydrogen-bond donors (Lipinski definition) is 1. The summed E-state index contributed by atoms with van der Waals surface area (Å²) in [4.78, 5) is 2.21. The molecule has 1 heterocycles. The van der Waals surface area contributed by atoms with Crippen LogP contribution in [0.2, 0.25) is 0 Å². The van der Waals surface area contributed by atoms with Gasteiger partial charge < -0.3 is 5.32 Å². The van der Waals surface area contributed by atoms with Crippen LogP contribution in [0, 0.1) is 0 Å². The van der Waals surface area contributed by atoms with Gasteiger partial charge in [0.25, 0.3) is 0 Å². The van der Waals surface area contributed by atoms with Gasteiger partial charge in [0.15, 0.2) is 0 Å². The molecule has 0 spiro atoms. The Kier molecular flexibility index (Phi) is 7.38. The quantitative estimate of drug-likeness (QED) is 0.538. The third-order valence-electron chi connectivity index (χ3n) is 6.49. The summed E-state index contributed by atoms with van der Waals surface area (Å²) in [5, 5.41) is 3.45. The van der Waals surface area contributed by atoms with Crippen LogP contribution in [0.15, 0.2) is 18.2 Å². The molecule has 30 heavy (non-hydrogen) atoms. The van der Waals surface area contributed by atoms with Crippen molar-refractivity contribution in [1.82, 2.24) is 10.2 Å². The van der Waals surface area contributed by atoms with Crippen molar-refractivity contribution in [2.75, 3.05) is 6.54 Å². The zero-order valence-electron chi connectivity index (χ0n) is 17.3. The molecule has 2 atom stereocenters. The minimum atomic E-state index is -4.81. The van der Waals surface area contributed by atoms with E-state index in [1.165, 1.54) is 0 Å². The molecular weight excluding hydrogens is 406 g/mol. The lowest BCUT2D eigenvalue weighted by Gasteiger charge is -2.43. The van der Waals surface area contributed by atoms with E-state index in [-0.39, 0.29) is 30.3 Å². The number of piperidine rings is 1. The average Bonchev–Trinajstić information content (AvgIpc) is 2.71. The Bertz CT molecular complexity index is 662. The molecule has 2 nitrogen and oxygen atoms in total. The Balaban J connectivity index is 1.92. The maximum absolute atomic E-state index is 13.3. The van der Waals surface area contributed by atoms with E-state index in [4.69, 9.17) is 0 Å². The maximum atomic E-state index is 13.3. The van der Waals surface area contributed by atoms with Gasteiger partial charge in [-0.2, -0.15) is 26.3 Å². The lowest BCUT2D eigenvalue weighted by Crippen LogP contribution is -2.51. The van der Waals surface area contributed by atoms with Gasteiger partial charge in [-0.15, -0.1) is 0 Å². The summed E-state index contributed by atoms with van der Waals surface area (Å²) in [7, 11) is 0. The predicted molar refractivity (Wildman–Crippen MR) is 104 cm³/mol. The summed E-state index contributed by atoms with van der Waals surface area (Å²) in [5.41, 5.74) is -2.37.